The summed E-state index contributed by atoms with van der Waals surface area (Å²) in [6.07, 6.45) is 2.14. The molecular weight excluding hydrogens is 278 g/mol. The van der Waals surface area contributed by atoms with Crippen molar-refractivity contribution in [3.8, 4) is 0 Å². The van der Waals surface area contributed by atoms with Gasteiger partial charge in [0.2, 0.25) is 0 Å². The molecule has 0 saturated carbocycles. The molecule has 0 atom stereocenters. The van der Waals surface area contributed by atoms with E-state index in [1.807, 2.05) is 34.6 Å². The first-order chi connectivity index (χ1) is 11.1. The highest BCUT2D eigenvalue weighted by atomic mass is 14.9. The van der Waals surface area contributed by atoms with Crippen LogP contribution in [0.3, 0.4) is 0 Å². The highest BCUT2D eigenvalue weighted by molar-refractivity contribution is 5.55. The Hall–Kier alpha value is -2.02. The lowest BCUT2D eigenvalue weighted by atomic mass is 10.0. The van der Waals surface area contributed by atoms with Crippen LogP contribution in [0.5, 0.6) is 0 Å². The molecule has 1 nitrogen and oxygen atoms in total. The van der Waals surface area contributed by atoms with Gasteiger partial charge in [0.05, 0.1) is 0 Å². The highest BCUT2D eigenvalue weighted by Gasteiger charge is 2.01. The molecule has 0 saturated heterocycles. The van der Waals surface area contributed by atoms with Crippen molar-refractivity contribution in [2.45, 2.75) is 54.4 Å². The molecule has 0 spiro atoms. The molecule has 0 aliphatic carbocycles. The molecule has 1 heteroatoms. The summed E-state index contributed by atoms with van der Waals surface area (Å²) in [5.74, 6) is 0. The van der Waals surface area contributed by atoms with E-state index in [0.29, 0.717) is 0 Å². The third-order valence-corrected chi connectivity index (χ3v) is 3.20. The average Bonchev–Trinajstić information content (AvgIpc) is 2.60. The quantitative estimate of drug-likeness (QED) is 0.642. The largest absolute Gasteiger partial charge is 0.359 e. The van der Waals surface area contributed by atoms with Crippen molar-refractivity contribution in [3.05, 3.63) is 77.5 Å². The normalized spacial score (nSPS) is 8.96. The Balaban J connectivity index is 0.00000112. The van der Waals surface area contributed by atoms with E-state index < -0.39 is 0 Å². The molecule has 2 rings (SSSR count). The number of hydrogen-bond acceptors (Lipinski definition) is 1. The second-order valence-corrected chi connectivity index (χ2v) is 5.04. The van der Waals surface area contributed by atoms with Crippen LogP contribution in [0.1, 0.15) is 51.3 Å². The molecule has 0 radical (unpaired) electrons. The van der Waals surface area contributed by atoms with Gasteiger partial charge in [-0.2, -0.15) is 0 Å². The first-order valence-corrected chi connectivity index (χ1v) is 8.71. The fourth-order valence-corrected chi connectivity index (χ4v) is 2.12. The van der Waals surface area contributed by atoms with E-state index in [2.05, 4.69) is 67.4 Å². The number of hydrogen-bond donors (Lipinski definition) is 1. The summed E-state index contributed by atoms with van der Waals surface area (Å²) in [6.45, 7) is 16.0. The third-order valence-electron chi connectivity index (χ3n) is 3.20. The lowest BCUT2D eigenvalue weighted by molar-refractivity contribution is 0.959. The van der Waals surface area contributed by atoms with Crippen LogP contribution >= 0.6 is 0 Å². The molecule has 2 aromatic rings. The monoisotopic (exact) mass is 311 g/mol. The molecule has 126 valence electrons. The van der Waals surface area contributed by atoms with E-state index in [9.17, 15) is 0 Å². The van der Waals surface area contributed by atoms with Crippen molar-refractivity contribution in [1.82, 2.24) is 0 Å². The van der Waals surface area contributed by atoms with Crippen LogP contribution in [-0.2, 0) is 12.8 Å². The summed E-state index contributed by atoms with van der Waals surface area (Å²) < 4.78 is 0. The van der Waals surface area contributed by atoms with Crippen molar-refractivity contribution in [2.75, 3.05) is 5.32 Å². The first kappa shape index (κ1) is 21.0. The second kappa shape index (κ2) is 12.5. The minimum absolute atomic E-state index is 0.975. The zero-order valence-electron chi connectivity index (χ0n) is 15.7. The summed E-state index contributed by atoms with van der Waals surface area (Å²) in [6, 6.07) is 17.2. The summed E-state index contributed by atoms with van der Waals surface area (Å²) in [5.41, 5.74) is 6.14. The van der Waals surface area contributed by atoms with Gasteiger partial charge in [0.15, 0.2) is 0 Å². The summed E-state index contributed by atoms with van der Waals surface area (Å²) in [5, 5.41) is 3.32. The van der Waals surface area contributed by atoms with Crippen LogP contribution in [0.2, 0.25) is 0 Å². The van der Waals surface area contributed by atoms with Crippen molar-refractivity contribution in [1.29, 1.82) is 0 Å². The zero-order valence-corrected chi connectivity index (χ0v) is 15.7. The Morgan fingerprint density at radius 2 is 1.43 bits per heavy atom. The van der Waals surface area contributed by atoms with Gasteiger partial charge < -0.3 is 5.32 Å². The minimum Gasteiger partial charge on any atom is -0.359 e. The van der Waals surface area contributed by atoms with E-state index >= 15 is 0 Å². The summed E-state index contributed by atoms with van der Waals surface area (Å²) in [4.78, 5) is 0. The number of allylic oxidation sites excluding steroid dienone is 1. The van der Waals surface area contributed by atoms with Gasteiger partial charge in [-0.1, -0.05) is 76.7 Å². The van der Waals surface area contributed by atoms with Crippen LogP contribution in [0.25, 0.3) is 0 Å². The number of rotatable bonds is 5. The van der Waals surface area contributed by atoms with Crippen LogP contribution < -0.4 is 5.32 Å². The molecule has 0 heterocycles. The Morgan fingerprint density at radius 3 is 2.00 bits per heavy atom. The molecule has 0 fully saturated rings. The molecule has 0 aliphatic heterocycles. The van der Waals surface area contributed by atoms with Crippen LogP contribution in [-0.4, -0.2) is 0 Å². The molecular formula is C22H33N. The standard InChI is InChI=1S/C18H21N.2C2H6/c1-14(2)19-18-13-17(10-9-15(18)3)12-11-16-7-5-4-6-8-16;2*1-2/h4-10,13,19H,1,11-12H2,2-3H3;2*1-2H3. The predicted molar refractivity (Wildman–Crippen MR) is 106 cm³/mol. The van der Waals surface area contributed by atoms with Crippen LogP contribution in [0.15, 0.2) is 60.8 Å². The molecule has 0 unspecified atom stereocenters. The lowest BCUT2D eigenvalue weighted by Gasteiger charge is -2.11. The van der Waals surface area contributed by atoms with Gasteiger partial charge in [-0.05, 0) is 49.4 Å². The Kier molecular flexibility index (Phi) is 11.4. The van der Waals surface area contributed by atoms with E-state index in [1.165, 1.54) is 16.7 Å². The molecule has 2 aromatic carbocycles. The van der Waals surface area contributed by atoms with Gasteiger partial charge in [0.1, 0.15) is 0 Å². The maximum absolute atomic E-state index is 3.90. The van der Waals surface area contributed by atoms with Gasteiger partial charge >= 0.3 is 0 Å². The molecule has 0 aromatic heterocycles. The number of aryl methyl sites for hydroxylation is 3. The van der Waals surface area contributed by atoms with Crippen molar-refractivity contribution in [3.63, 3.8) is 0 Å². The topological polar surface area (TPSA) is 12.0 Å². The summed E-state index contributed by atoms with van der Waals surface area (Å²) >= 11 is 0. The van der Waals surface area contributed by atoms with Gasteiger partial charge in [-0.25, -0.2) is 0 Å². The molecule has 0 amide bonds. The number of nitrogens with one attached hydrogen (secondary N) is 1. The smallest absolute Gasteiger partial charge is 0.0414 e. The SMILES string of the molecule is C=C(C)Nc1cc(CCc2ccccc2)ccc1C.CC.CC. The molecule has 0 bridgehead atoms. The zero-order chi connectivity index (χ0) is 17.7. The Morgan fingerprint density at radius 1 is 0.870 bits per heavy atom. The highest BCUT2D eigenvalue weighted by Crippen LogP contribution is 2.19. The van der Waals surface area contributed by atoms with E-state index in [-0.39, 0.29) is 0 Å². The van der Waals surface area contributed by atoms with Gasteiger partial charge in [-0.3, -0.25) is 0 Å². The lowest BCUT2D eigenvalue weighted by Crippen LogP contribution is -1.98. The molecule has 23 heavy (non-hydrogen) atoms. The van der Waals surface area contributed by atoms with Gasteiger partial charge in [0.25, 0.3) is 0 Å². The average molecular weight is 312 g/mol. The summed E-state index contributed by atoms with van der Waals surface area (Å²) in [7, 11) is 0. The van der Waals surface area contributed by atoms with E-state index in [1.54, 1.807) is 0 Å². The van der Waals surface area contributed by atoms with Crippen LogP contribution in [0, 0.1) is 6.92 Å². The Labute approximate surface area is 143 Å². The molecule has 1 N–H and O–H groups in total. The third kappa shape index (κ3) is 8.25. The minimum atomic E-state index is 0.975. The number of benzene rings is 2. The maximum Gasteiger partial charge on any atom is 0.0414 e. The number of anilines is 1. The van der Waals surface area contributed by atoms with E-state index in [4.69, 9.17) is 0 Å². The maximum atomic E-state index is 3.90. The van der Waals surface area contributed by atoms with Crippen molar-refractivity contribution in [2.24, 2.45) is 0 Å². The fraction of sp³-hybridized carbons (Fsp3) is 0.364. The van der Waals surface area contributed by atoms with Crippen LogP contribution in [0.4, 0.5) is 5.69 Å². The Bertz CT molecular complexity index is 555. The molecule has 0 aliphatic rings. The van der Waals surface area contributed by atoms with Crippen molar-refractivity contribution >= 4 is 5.69 Å². The van der Waals surface area contributed by atoms with Gasteiger partial charge in [-0.15, -0.1) is 0 Å². The first-order valence-electron chi connectivity index (χ1n) is 8.71. The van der Waals surface area contributed by atoms with E-state index in [0.717, 1.165) is 24.2 Å². The van der Waals surface area contributed by atoms with Crippen molar-refractivity contribution < 1.29 is 0 Å². The second-order valence-electron chi connectivity index (χ2n) is 5.04. The fourth-order valence-electron chi connectivity index (χ4n) is 2.12. The van der Waals surface area contributed by atoms with Gasteiger partial charge in [0, 0.05) is 11.4 Å². The predicted octanol–water partition coefficient (Wildman–Crippen LogP) is 6.78.